The first-order valence-electron chi connectivity index (χ1n) is 6.90. The zero-order valence-electron chi connectivity index (χ0n) is 12.0. The first-order chi connectivity index (χ1) is 9.88. The van der Waals surface area contributed by atoms with E-state index < -0.39 is 17.7 Å². The van der Waals surface area contributed by atoms with Crippen molar-refractivity contribution in [3.05, 3.63) is 35.4 Å². The van der Waals surface area contributed by atoms with Crippen LogP contribution >= 0.6 is 0 Å². The summed E-state index contributed by atoms with van der Waals surface area (Å²) in [6.07, 6.45) is 0.178. The lowest BCUT2D eigenvalue weighted by atomic mass is 10.0. The monoisotopic (exact) mass is 296 g/mol. The predicted octanol–water partition coefficient (Wildman–Crippen LogP) is 1.84. The van der Waals surface area contributed by atoms with Crippen molar-refractivity contribution >= 4 is 11.8 Å². The number of hydrogen-bond acceptors (Lipinski definition) is 2. The SMILES string of the molecule is CC(C)C1NC(=O)CCN(Cc2ccc(F)cc2F)C1=O. The van der Waals surface area contributed by atoms with E-state index in [0.717, 1.165) is 12.1 Å². The summed E-state index contributed by atoms with van der Waals surface area (Å²) < 4.78 is 26.6. The van der Waals surface area contributed by atoms with E-state index >= 15 is 0 Å². The molecule has 1 fully saturated rings. The topological polar surface area (TPSA) is 49.4 Å². The van der Waals surface area contributed by atoms with Gasteiger partial charge in [-0.15, -0.1) is 0 Å². The number of nitrogens with one attached hydrogen (secondary N) is 1. The van der Waals surface area contributed by atoms with E-state index in [-0.39, 0.29) is 42.8 Å². The summed E-state index contributed by atoms with van der Waals surface area (Å²) in [6, 6.07) is 2.66. The summed E-state index contributed by atoms with van der Waals surface area (Å²) in [7, 11) is 0. The van der Waals surface area contributed by atoms with Gasteiger partial charge in [-0.1, -0.05) is 19.9 Å². The molecule has 1 atom stereocenters. The molecule has 114 valence electrons. The number of nitrogens with zero attached hydrogens (tertiary/aromatic N) is 1. The lowest BCUT2D eigenvalue weighted by Gasteiger charge is -2.26. The Balaban J connectivity index is 2.21. The maximum absolute atomic E-state index is 13.7. The Morgan fingerprint density at radius 2 is 2.05 bits per heavy atom. The fraction of sp³-hybridized carbons (Fsp3) is 0.467. The van der Waals surface area contributed by atoms with Gasteiger partial charge in [-0.2, -0.15) is 0 Å². The van der Waals surface area contributed by atoms with Crippen LogP contribution in [0.25, 0.3) is 0 Å². The zero-order chi connectivity index (χ0) is 15.6. The summed E-state index contributed by atoms with van der Waals surface area (Å²) in [5.41, 5.74) is 0.238. The summed E-state index contributed by atoms with van der Waals surface area (Å²) in [5, 5.41) is 2.68. The van der Waals surface area contributed by atoms with Crippen molar-refractivity contribution in [2.75, 3.05) is 6.54 Å². The summed E-state index contributed by atoms with van der Waals surface area (Å²) >= 11 is 0. The first-order valence-corrected chi connectivity index (χ1v) is 6.90. The third kappa shape index (κ3) is 3.56. The van der Waals surface area contributed by atoms with Crippen LogP contribution in [0, 0.1) is 17.6 Å². The fourth-order valence-electron chi connectivity index (χ4n) is 2.32. The fourth-order valence-corrected chi connectivity index (χ4v) is 2.32. The van der Waals surface area contributed by atoms with E-state index in [2.05, 4.69) is 5.32 Å². The minimum Gasteiger partial charge on any atom is -0.344 e. The molecule has 2 rings (SSSR count). The lowest BCUT2D eigenvalue weighted by Crippen LogP contribution is -2.47. The Bertz CT molecular complexity index is 561. The Hall–Kier alpha value is -1.98. The lowest BCUT2D eigenvalue weighted by molar-refractivity contribution is -0.135. The number of benzene rings is 1. The van der Waals surface area contributed by atoms with Crippen LogP contribution in [-0.2, 0) is 16.1 Å². The quantitative estimate of drug-likeness (QED) is 0.925. The molecule has 6 heteroatoms. The van der Waals surface area contributed by atoms with Crippen LogP contribution in [0.2, 0.25) is 0 Å². The first kappa shape index (κ1) is 15.4. The van der Waals surface area contributed by atoms with Crippen molar-refractivity contribution in [2.24, 2.45) is 5.92 Å². The maximum Gasteiger partial charge on any atom is 0.245 e. The molecule has 1 saturated heterocycles. The highest BCUT2D eigenvalue weighted by Gasteiger charge is 2.32. The van der Waals surface area contributed by atoms with Gasteiger partial charge in [-0.25, -0.2) is 8.78 Å². The van der Waals surface area contributed by atoms with Gasteiger partial charge in [0.25, 0.3) is 0 Å². The van der Waals surface area contributed by atoms with Gasteiger partial charge in [0.05, 0.1) is 0 Å². The van der Waals surface area contributed by atoms with Crippen LogP contribution in [0.3, 0.4) is 0 Å². The smallest absolute Gasteiger partial charge is 0.245 e. The average Bonchev–Trinajstić information content (AvgIpc) is 2.54. The molecule has 4 nitrogen and oxygen atoms in total. The van der Waals surface area contributed by atoms with Crippen molar-refractivity contribution in [1.29, 1.82) is 0 Å². The summed E-state index contributed by atoms with van der Waals surface area (Å²) in [6.45, 7) is 3.93. The molecule has 0 bridgehead atoms. The van der Waals surface area contributed by atoms with Crippen molar-refractivity contribution in [2.45, 2.75) is 32.9 Å². The Morgan fingerprint density at radius 1 is 1.33 bits per heavy atom. The Kier molecular flexibility index (Phi) is 4.55. The standard InChI is InChI=1S/C15H18F2N2O2/c1-9(2)14-15(21)19(6-5-13(20)18-14)8-10-3-4-11(16)7-12(10)17/h3-4,7,9,14H,5-6,8H2,1-2H3,(H,18,20). The van der Waals surface area contributed by atoms with Crippen LogP contribution in [0.15, 0.2) is 18.2 Å². The molecule has 1 aromatic carbocycles. The van der Waals surface area contributed by atoms with Gasteiger partial charge in [0.15, 0.2) is 0 Å². The molecule has 1 aliphatic rings. The van der Waals surface area contributed by atoms with Crippen LogP contribution in [0.1, 0.15) is 25.8 Å². The van der Waals surface area contributed by atoms with Gasteiger partial charge in [-0.05, 0) is 12.0 Å². The van der Waals surface area contributed by atoms with Gasteiger partial charge in [-0.3, -0.25) is 9.59 Å². The number of carbonyl (C=O) groups is 2. The molecule has 1 N–H and O–H groups in total. The highest BCUT2D eigenvalue weighted by atomic mass is 19.1. The number of amides is 2. The number of carbonyl (C=O) groups excluding carboxylic acids is 2. The van der Waals surface area contributed by atoms with Crippen molar-refractivity contribution in [1.82, 2.24) is 10.2 Å². The molecule has 1 unspecified atom stereocenters. The zero-order valence-corrected chi connectivity index (χ0v) is 12.0. The molecule has 21 heavy (non-hydrogen) atoms. The largest absolute Gasteiger partial charge is 0.344 e. The summed E-state index contributed by atoms with van der Waals surface area (Å²) in [4.78, 5) is 25.5. The average molecular weight is 296 g/mol. The van der Waals surface area contributed by atoms with Crippen LogP contribution in [0.4, 0.5) is 8.78 Å². The van der Waals surface area contributed by atoms with Gasteiger partial charge in [0, 0.05) is 31.1 Å². The van der Waals surface area contributed by atoms with Crippen molar-refractivity contribution < 1.29 is 18.4 Å². The van der Waals surface area contributed by atoms with Crippen LogP contribution < -0.4 is 5.32 Å². The van der Waals surface area contributed by atoms with E-state index in [1.165, 1.54) is 11.0 Å². The second kappa shape index (κ2) is 6.20. The van der Waals surface area contributed by atoms with E-state index in [1.54, 1.807) is 0 Å². The van der Waals surface area contributed by atoms with Gasteiger partial charge < -0.3 is 10.2 Å². The molecule has 0 aromatic heterocycles. The van der Waals surface area contributed by atoms with Crippen LogP contribution in [-0.4, -0.2) is 29.3 Å². The van der Waals surface area contributed by atoms with E-state index in [1.807, 2.05) is 13.8 Å². The van der Waals surface area contributed by atoms with Crippen molar-refractivity contribution in [3.63, 3.8) is 0 Å². The van der Waals surface area contributed by atoms with E-state index in [9.17, 15) is 18.4 Å². The second-order valence-electron chi connectivity index (χ2n) is 5.53. The Morgan fingerprint density at radius 3 is 2.67 bits per heavy atom. The minimum atomic E-state index is -0.688. The van der Waals surface area contributed by atoms with E-state index in [4.69, 9.17) is 0 Å². The van der Waals surface area contributed by atoms with Gasteiger partial charge in [0.2, 0.25) is 11.8 Å². The van der Waals surface area contributed by atoms with E-state index in [0.29, 0.717) is 0 Å². The molecule has 0 spiro atoms. The molecular formula is C15H18F2N2O2. The Labute approximate surface area is 122 Å². The molecule has 0 radical (unpaired) electrons. The molecular weight excluding hydrogens is 278 g/mol. The molecule has 1 aromatic rings. The van der Waals surface area contributed by atoms with Crippen LogP contribution in [0.5, 0.6) is 0 Å². The second-order valence-corrected chi connectivity index (χ2v) is 5.53. The number of halogens is 2. The molecule has 0 aliphatic carbocycles. The third-order valence-electron chi connectivity index (χ3n) is 3.55. The minimum absolute atomic E-state index is 0.0309. The maximum atomic E-state index is 13.7. The van der Waals surface area contributed by atoms with Gasteiger partial charge in [0.1, 0.15) is 17.7 Å². The number of rotatable bonds is 3. The molecule has 1 heterocycles. The normalized spacial score (nSPS) is 19.7. The van der Waals surface area contributed by atoms with Crippen molar-refractivity contribution in [3.8, 4) is 0 Å². The predicted molar refractivity (Wildman–Crippen MR) is 73.2 cm³/mol. The molecule has 1 aliphatic heterocycles. The highest BCUT2D eigenvalue weighted by molar-refractivity contribution is 5.90. The third-order valence-corrected chi connectivity index (χ3v) is 3.55. The van der Waals surface area contributed by atoms with Gasteiger partial charge >= 0.3 is 0 Å². The highest BCUT2D eigenvalue weighted by Crippen LogP contribution is 2.17. The molecule has 0 saturated carbocycles. The molecule has 2 amide bonds. The number of hydrogen-bond donors (Lipinski definition) is 1. The summed E-state index contributed by atoms with van der Waals surface area (Å²) in [5.74, 6) is -1.83.